The largest absolute Gasteiger partial charge is 0.379 e. The molecule has 0 aliphatic heterocycles. The number of hydrogen-bond donors (Lipinski definition) is 1. The third-order valence-electron chi connectivity index (χ3n) is 3.11. The van der Waals surface area contributed by atoms with E-state index < -0.39 is 0 Å². The molecular formula is C13H27NO2. The van der Waals surface area contributed by atoms with E-state index >= 15 is 0 Å². The third-order valence-corrected chi connectivity index (χ3v) is 3.11. The molecule has 1 N–H and O–H groups in total. The molecule has 1 aliphatic carbocycles. The SMILES string of the molecule is CNCC1CC(OCCOCCC(C)C)C1. The van der Waals surface area contributed by atoms with Crippen LogP contribution >= 0.6 is 0 Å². The van der Waals surface area contributed by atoms with Crippen LogP contribution in [0.3, 0.4) is 0 Å². The van der Waals surface area contributed by atoms with E-state index in [2.05, 4.69) is 19.2 Å². The van der Waals surface area contributed by atoms with Crippen molar-refractivity contribution >= 4 is 0 Å². The van der Waals surface area contributed by atoms with Gasteiger partial charge in [-0.25, -0.2) is 0 Å². The molecule has 0 bridgehead atoms. The summed E-state index contributed by atoms with van der Waals surface area (Å²) in [7, 11) is 2.01. The van der Waals surface area contributed by atoms with Gasteiger partial charge < -0.3 is 14.8 Å². The second kappa shape index (κ2) is 8.04. The fraction of sp³-hybridized carbons (Fsp3) is 1.00. The lowest BCUT2D eigenvalue weighted by Gasteiger charge is -2.35. The molecule has 0 aromatic rings. The summed E-state index contributed by atoms with van der Waals surface area (Å²) in [5, 5.41) is 3.20. The molecule has 0 spiro atoms. The van der Waals surface area contributed by atoms with Gasteiger partial charge in [-0.15, -0.1) is 0 Å². The fourth-order valence-corrected chi connectivity index (χ4v) is 1.96. The molecular weight excluding hydrogens is 202 g/mol. The molecule has 1 rings (SSSR count). The molecule has 1 aliphatic rings. The molecule has 1 saturated carbocycles. The molecule has 0 atom stereocenters. The van der Waals surface area contributed by atoms with Crippen molar-refractivity contribution in [1.29, 1.82) is 0 Å². The minimum absolute atomic E-state index is 0.493. The maximum atomic E-state index is 5.71. The zero-order chi connectivity index (χ0) is 11.8. The Bertz CT molecular complexity index is 167. The van der Waals surface area contributed by atoms with Crippen LogP contribution in [0.4, 0.5) is 0 Å². The normalized spacial score (nSPS) is 24.8. The monoisotopic (exact) mass is 229 g/mol. The molecule has 3 nitrogen and oxygen atoms in total. The molecule has 0 aromatic carbocycles. The molecule has 0 unspecified atom stereocenters. The van der Waals surface area contributed by atoms with Gasteiger partial charge in [0, 0.05) is 6.61 Å². The van der Waals surface area contributed by atoms with Gasteiger partial charge in [-0.2, -0.15) is 0 Å². The standard InChI is InChI=1S/C13H27NO2/c1-11(2)4-5-15-6-7-16-13-8-12(9-13)10-14-3/h11-14H,4-10H2,1-3H3. The Labute approximate surface area is 99.9 Å². The van der Waals surface area contributed by atoms with Crippen LogP contribution in [0, 0.1) is 11.8 Å². The van der Waals surface area contributed by atoms with Crippen LogP contribution in [0.2, 0.25) is 0 Å². The van der Waals surface area contributed by atoms with Crippen LogP contribution in [0.1, 0.15) is 33.1 Å². The van der Waals surface area contributed by atoms with Crippen LogP contribution < -0.4 is 5.32 Å². The zero-order valence-electron chi connectivity index (χ0n) is 11.0. The van der Waals surface area contributed by atoms with Crippen molar-refractivity contribution in [3.63, 3.8) is 0 Å². The van der Waals surface area contributed by atoms with E-state index in [1.54, 1.807) is 0 Å². The average Bonchev–Trinajstić information content (AvgIpc) is 2.18. The molecule has 0 radical (unpaired) electrons. The van der Waals surface area contributed by atoms with Gasteiger partial charge in [-0.1, -0.05) is 13.8 Å². The highest BCUT2D eigenvalue weighted by atomic mass is 16.5. The Morgan fingerprint density at radius 2 is 1.94 bits per heavy atom. The number of hydrogen-bond acceptors (Lipinski definition) is 3. The summed E-state index contributed by atoms with van der Waals surface area (Å²) < 4.78 is 11.2. The van der Waals surface area contributed by atoms with E-state index in [0.29, 0.717) is 6.10 Å². The topological polar surface area (TPSA) is 30.5 Å². The lowest BCUT2D eigenvalue weighted by Crippen LogP contribution is -2.37. The van der Waals surface area contributed by atoms with E-state index in [4.69, 9.17) is 9.47 Å². The summed E-state index contributed by atoms with van der Waals surface area (Å²) in [4.78, 5) is 0. The highest BCUT2D eigenvalue weighted by Crippen LogP contribution is 2.29. The first kappa shape index (κ1) is 13.9. The van der Waals surface area contributed by atoms with E-state index in [9.17, 15) is 0 Å². The van der Waals surface area contributed by atoms with Crippen LogP contribution in [0.5, 0.6) is 0 Å². The van der Waals surface area contributed by atoms with Crippen molar-refractivity contribution in [3.8, 4) is 0 Å². The van der Waals surface area contributed by atoms with E-state index in [0.717, 1.165) is 44.6 Å². The van der Waals surface area contributed by atoms with Gasteiger partial charge in [-0.05, 0) is 44.7 Å². The molecule has 3 heteroatoms. The van der Waals surface area contributed by atoms with Crippen molar-refractivity contribution in [2.24, 2.45) is 11.8 Å². The summed E-state index contributed by atoms with van der Waals surface area (Å²) in [5.74, 6) is 1.56. The summed E-state index contributed by atoms with van der Waals surface area (Å²) in [6, 6.07) is 0. The second-order valence-electron chi connectivity index (χ2n) is 5.18. The molecule has 16 heavy (non-hydrogen) atoms. The first-order valence-electron chi connectivity index (χ1n) is 6.56. The summed E-state index contributed by atoms with van der Waals surface area (Å²) in [6.45, 7) is 7.94. The Balaban J connectivity index is 1.79. The first-order chi connectivity index (χ1) is 7.72. The molecule has 0 aromatic heterocycles. The number of nitrogens with one attached hydrogen (secondary N) is 1. The molecule has 1 fully saturated rings. The van der Waals surface area contributed by atoms with E-state index in [1.807, 2.05) is 7.05 Å². The summed E-state index contributed by atoms with van der Waals surface area (Å²) in [6.07, 6.45) is 4.07. The van der Waals surface area contributed by atoms with Gasteiger partial charge in [0.05, 0.1) is 19.3 Å². The van der Waals surface area contributed by atoms with Gasteiger partial charge >= 0.3 is 0 Å². The molecule has 0 amide bonds. The van der Waals surface area contributed by atoms with Gasteiger partial charge in [0.2, 0.25) is 0 Å². The molecule has 96 valence electrons. The number of rotatable bonds is 9. The van der Waals surface area contributed by atoms with Gasteiger partial charge in [0.1, 0.15) is 0 Å². The average molecular weight is 229 g/mol. The lowest BCUT2D eigenvalue weighted by molar-refractivity contribution is -0.0525. The summed E-state index contributed by atoms with van der Waals surface area (Å²) in [5.41, 5.74) is 0. The Morgan fingerprint density at radius 3 is 2.56 bits per heavy atom. The lowest BCUT2D eigenvalue weighted by atomic mass is 9.82. The quantitative estimate of drug-likeness (QED) is 0.614. The Kier molecular flexibility index (Phi) is 7.01. The smallest absolute Gasteiger partial charge is 0.0704 e. The summed E-state index contributed by atoms with van der Waals surface area (Å²) >= 11 is 0. The van der Waals surface area contributed by atoms with Gasteiger partial charge in [0.25, 0.3) is 0 Å². The second-order valence-corrected chi connectivity index (χ2v) is 5.18. The van der Waals surface area contributed by atoms with Gasteiger partial charge in [-0.3, -0.25) is 0 Å². The Hall–Kier alpha value is -0.120. The highest BCUT2D eigenvalue weighted by Gasteiger charge is 2.28. The van der Waals surface area contributed by atoms with Crippen LogP contribution in [-0.4, -0.2) is 39.5 Å². The Morgan fingerprint density at radius 1 is 1.19 bits per heavy atom. The third kappa shape index (κ3) is 5.83. The maximum absolute atomic E-state index is 5.71. The minimum atomic E-state index is 0.493. The van der Waals surface area contributed by atoms with Crippen molar-refractivity contribution in [2.75, 3.05) is 33.4 Å². The van der Waals surface area contributed by atoms with Crippen LogP contribution in [-0.2, 0) is 9.47 Å². The van der Waals surface area contributed by atoms with Crippen LogP contribution in [0.15, 0.2) is 0 Å². The maximum Gasteiger partial charge on any atom is 0.0704 e. The van der Waals surface area contributed by atoms with Crippen LogP contribution in [0.25, 0.3) is 0 Å². The van der Waals surface area contributed by atoms with Crippen molar-refractivity contribution in [1.82, 2.24) is 5.32 Å². The molecule has 0 heterocycles. The van der Waals surface area contributed by atoms with E-state index in [1.165, 1.54) is 12.8 Å². The van der Waals surface area contributed by atoms with Gasteiger partial charge in [0.15, 0.2) is 0 Å². The predicted molar refractivity (Wildman–Crippen MR) is 66.7 cm³/mol. The van der Waals surface area contributed by atoms with Crippen molar-refractivity contribution in [2.45, 2.75) is 39.2 Å². The first-order valence-corrected chi connectivity index (χ1v) is 6.56. The zero-order valence-corrected chi connectivity index (χ0v) is 11.0. The highest BCUT2D eigenvalue weighted by molar-refractivity contribution is 4.81. The van der Waals surface area contributed by atoms with Crippen molar-refractivity contribution < 1.29 is 9.47 Å². The fourth-order valence-electron chi connectivity index (χ4n) is 1.96. The predicted octanol–water partition coefficient (Wildman–Crippen LogP) is 2.06. The molecule has 0 saturated heterocycles. The minimum Gasteiger partial charge on any atom is -0.379 e. The van der Waals surface area contributed by atoms with E-state index in [-0.39, 0.29) is 0 Å². The number of ether oxygens (including phenoxy) is 2. The van der Waals surface area contributed by atoms with Crippen molar-refractivity contribution in [3.05, 3.63) is 0 Å².